The molecule has 122 valence electrons. The summed E-state index contributed by atoms with van der Waals surface area (Å²) in [6, 6.07) is 1.76. The van der Waals surface area contributed by atoms with Crippen molar-refractivity contribution >= 4 is 5.91 Å². The lowest BCUT2D eigenvalue weighted by Gasteiger charge is -2.42. The smallest absolute Gasteiger partial charge is 0.338 e. The molecule has 1 aliphatic heterocycles. The number of likely N-dealkylation sites (tertiary alicyclic amines) is 1. The van der Waals surface area contributed by atoms with Crippen molar-refractivity contribution in [3.8, 4) is 0 Å². The molecule has 1 amide bonds. The van der Waals surface area contributed by atoms with Gasteiger partial charge in [-0.15, -0.1) is 0 Å². The van der Waals surface area contributed by atoms with Crippen LogP contribution >= 0.6 is 0 Å². The maximum Gasteiger partial charge on any atom is 0.416 e. The van der Waals surface area contributed by atoms with Crippen molar-refractivity contribution in [2.75, 3.05) is 13.1 Å². The van der Waals surface area contributed by atoms with Crippen LogP contribution in [-0.2, 0) is 6.18 Å². The van der Waals surface area contributed by atoms with Gasteiger partial charge in [-0.05, 0) is 30.0 Å². The maximum atomic E-state index is 13.8. The Balaban J connectivity index is 2.30. The Kier molecular flexibility index (Phi) is 4.21. The minimum atomic E-state index is -4.62. The van der Waals surface area contributed by atoms with Crippen LogP contribution in [0.3, 0.4) is 0 Å². The number of alkyl halides is 3. The molecule has 1 aromatic carbocycles. The average molecular weight is 318 g/mol. The predicted octanol–water partition coefficient (Wildman–Crippen LogP) is 3.04. The Morgan fingerprint density at radius 3 is 2.55 bits per heavy atom. The Bertz CT molecular complexity index is 583. The molecule has 0 spiro atoms. The SMILES string of the molecule is CC1(C)CN(C(=O)c2cc(C(F)(F)F)ccc2F)CCC1N. The number of piperidine rings is 1. The number of carbonyl (C=O) groups excluding carboxylic acids is 1. The van der Waals surface area contributed by atoms with Gasteiger partial charge in [-0.25, -0.2) is 4.39 Å². The van der Waals surface area contributed by atoms with Crippen LogP contribution in [0.25, 0.3) is 0 Å². The molecule has 2 N–H and O–H groups in total. The number of hydrogen-bond donors (Lipinski definition) is 1. The van der Waals surface area contributed by atoms with Gasteiger partial charge in [-0.3, -0.25) is 4.79 Å². The van der Waals surface area contributed by atoms with Gasteiger partial charge >= 0.3 is 6.18 Å². The molecule has 1 heterocycles. The highest BCUT2D eigenvalue weighted by molar-refractivity contribution is 5.94. The minimum Gasteiger partial charge on any atom is -0.338 e. The third-order valence-electron chi connectivity index (χ3n) is 4.12. The number of amides is 1. The third kappa shape index (κ3) is 3.24. The van der Waals surface area contributed by atoms with Gasteiger partial charge in [0.15, 0.2) is 0 Å². The Morgan fingerprint density at radius 2 is 2.00 bits per heavy atom. The fourth-order valence-corrected chi connectivity index (χ4v) is 2.58. The zero-order valence-corrected chi connectivity index (χ0v) is 12.4. The van der Waals surface area contributed by atoms with Gasteiger partial charge in [0.2, 0.25) is 0 Å². The molecule has 0 aromatic heterocycles. The van der Waals surface area contributed by atoms with Gasteiger partial charge in [0.1, 0.15) is 5.82 Å². The van der Waals surface area contributed by atoms with Crippen molar-refractivity contribution in [1.82, 2.24) is 4.90 Å². The van der Waals surface area contributed by atoms with E-state index >= 15 is 0 Å². The highest BCUT2D eigenvalue weighted by Crippen LogP contribution is 2.32. The molecule has 1 atom stereocenters. The molecule has 0 aliphatic carbocycles. The summed E-state index contributed by atoms with van der Waals surface area (Å²) in [5.74, 6) is -1.69. The number of nitrogens with two attached hydrogens (primary N) is 1. The van der Waals surface area contributed by atoms with Gasteiger partial charge in [0.05, 0.1) is 11.1 Å². The second-order valence-electron chi connectivity index (χ2n) is 6.30. The quantitative estimate of drug-likeness (QED) is 0.809. The zero-order valence-electron chi connectivity index (χ0n) is 12.4. The number of nitrogens with zero attached hydrogens (tertiary/aromatic N) is 1. The molecule has 0 bridgehead atoms. The van der Waals surface area contributed by atoms with Crippen molar-refractivity contribution in [2.24, 2.45) is 11.1 Å². The number of benzene rings is 1. The summed E-state index contributed by atoms with van der Waals surface area (Å²) < 4.78 is 51.9. The molecular formula is C15H18F4N2O. The van der Waals surface area contributed by atoms with Gasteiger partial charge in [-0.2, -0.15) is 13.2 Å². The summed E-state index contributed by atoms with van der Waals surface area (Å²) in [5, 5.41) is 0. The van der Waals surface area contributed by atoms with E-state index in [9.17, 15) is 22.4 Å². The van der Waals surface area contributed by atoms with Gasteiger partial charge in [0.25, 0.3) is 5.91 Å². The molecule has 1 aliphatic rings. The first-order chi connectivity index (χ1) is 10.0. The zero-order chi connectivity index (χ0) is 16.7. The Labute approximate surface area is 126 Å². The van der Waals surface area contributed by atoms with Crippen molar-refractivity contribution in [3.63, 3.8) is 0 Å². The van der Waals surface area contributed by atoms with Crippen molar-refractivity contribution in [1.29, 1.82) is 0 Å². The lowest BCUT2D eigenvalue weighted by molar-refractivity contribution is -0.137. The molecule has 22 heavy (non-hydrogen) atoms. The van der Waals surface area contributed by atoms with E-state index in [-0.39, 0.29) is 18.0 Å². The molecule has 1 saturated heterocycles. The van der Waals surface area contributed by atoms with Crippen LogP contribution in [0.15, 0.2) is 18.2 Å². The van der Waals surface area contributed by atoms with Crippen molar-refractivity contribution in [2.45, 2.75) is 32.5 Å². The van der Waals surface area contributed by atoms with Crippen LogP contribution in [0.1, 0.15) is 36.2 Å². The van der Waals surface area contributed by atoms with E-state index in [2.05, 4.69) is 0 Å². The summed E-state index contributed by atoms with van der Waals surface area (Å²) in [6.07, 6.45) is -4.09. The van der Waals surface area contributed by atoms with Gasteiger partial charge in [-0.1, -0.05) is 13.8 Å². The number of hydrogen-bond acceptors (Lipinski definition) is 2. The van der Waals surface area contributed by atoms with Crippen LogP contribution in [-0.4, -0.2) is 29.9 Å². The summed E-state index contributed by atoms with van der Waals surface area (Å²) in [4.78, 5) is 13.7. The molecule has 7 heteroatoms. The molecule has 1 unspecified atom stereocenters. The highest BCUT2D eigenvalue weighted by atomic mass is 19.4. The van der Waals surface area contributed by atoms with Crippen LogP contribution in [0.4, 0.5) is 17.6 Å². The first-order valence-electron chi connectivity index (χ1n) is 6.94. The Hall–Kier alpha value is -1.63. The van der Waals surface area contributed by atoms with Crippen LogP contribution in [0.5, 0.6) is 0 Å². The maximum absolute atomic E-state index is 13.8. The predicted molar refractivity (Wildman–Crippen MR) is 73.7 cm³/mol. The molecular weight excluding hydrogens is 300 g/mol. The molecule has 1 aromatic rings. The summed E-state index contributed by atoms with van der Waals surface area (Å²) in [6.45, 7) is 4.33. The van der Waals surface area contributed by atoms with E-state index in [0.717, 1.165) is 0 Å². The lowest BCUT2D eigenvalue weighted by Crippen LogP contribution is -2.54. The van der Waals surface area contributed by atoms with E-state index in [1.807, 2.05) is 13.8 Å². The standard InChI is InChI=1S/C15H18F4N2O/c1-14(2)8-21(6-5-12(14)20)13(22)10-7-9(15(17,18)19)3-4-11(10)16/h3-4,7,12H,5-6,8,20H2,1-2H3. The second-order valence-corrected chi connectivity index (χ2v) is 6.30. The topological polar surface area (TPSA) is 46.3 Å². The number of rotatable bonds is 1. The number of carbonyl (C=O) groups is 1. The van der Waals surface area contributed by atoms with E-state index in [0.29, 0.717) is 31.2 Å². The summed E-state index contributed by atoms with van der Waals surface area (Å²) >= 11 is 0. The Morgan fingerprint density at radius 1 is 1.36 bits per heavy atom. The fourth-order valence-electron chi connectivity index (χ4n) is 2.58. The van der Waals surface area contributed by atoms with E-state index in [1.54, 1.807) is 0 Å². The van der Waals surface area contributed by atoms with E-state index in [4.69, 9.17) is 5.73 Å². The van der Waals surface area contributed by atoms with Gasteiger partial charge in [0, 0.05) is 19.1 Å². The normalized spacial score (nSPS) is 21.8. The van der Waals surface area contributed by atoms with E-state index < -0.39 is 29.0 Å². The number of halogens is 4. The molecule has 3 nitrogen and oxygen atoms in total. The largest absolute Gasteiger partial charge is 0.416 e. The van der Waals surface area contributed by atoms with Crippen LogP contribution in [0.2, 0.25) is 0 Å². The van der Waals surface area contributed by atoms with Crippen LogP contribution < -0.4 is 5.73 Å². The van der Waals surface area contributed by atoms with Crippen LogP contribution in [0, 0.1) is 11.2 Å². The summed E-state index contributed by atoms with van der Waals surface area (Å²) in [7, 11) is 0. The molecule has 0 radical (unpaired) electrons. The highest BCUT2D eigenvalue weighted by Gasteiger charge is 2.37. The molecule has 0 saturated carbocycles. The molecule has 1 fully saturated rings. The monoisotopic (exact) mass is 318 g/mol. The minimum absolute atomic E-state index is 0.108. The first-order valence-corrected chi connectivity index (χ1v) is 6.94. The second kappa shape index (κ2) is 5.53. The lowest BCUT2D eigenvalue weighted by atomic mass is 9.79. The summed E-state index contributed by atoms with van der Waals surface area (Å²) in [5.41, 5.74) is 4.00. The molecule has 2 rings (SSSR count). The van der Waals surface area contributed by atoms with Crippen molar-refractivity contribution in [3.05, 3.63) is 35.1 Å². The van der Waals surface area contributed by atoms with Crippen molar-refractivity contribution < 1.29 is 22.4 Å². The van der Waals surface area contributed by atoms with Gasteiger partial charge < -0.3 is 10.6 Å². The fraction of sp³-hybridized carbons (Fsp3) is 0.533. The first kappa shape index (κ1) is 16.7. The van der Waals surface area contributed by atoms with E-state index in [1.165, 1.54) is 4.90 Å². The average Bonchev–Trinajstić information content (AvgIpc) is 2.40. The third-order valence-corrected chi connectivity index (χ3v) is 4.12.